The van der Waals surface area contributed by atoms with E-state index in [2.05, 4.69) is 0 Å². The highest BCUT2D eigenvalue weighted by Gasteiger charge is 2.37. The second-order valence-electron chi connectivity index (χ2n) is 7.03. The van der Waals surface area contributed by atoms with Gasteiger partial charge in [0, 0.05) is 11.1 Å². The summed E-state index contributed by atoms with van der Waals surface area (Å²) < 4.78 is 0. The lowest BCUT2D eigenvalue weighted by atomic mass is 9.93. The molecule has 6 heteroatoms. The zero-order chi connectivity index (χ0) is 22.8. The van der Waals surface area contributed by atoms with Crippen molar-refractivity contribution < 1.29 is 28.8 Å². The highest BCUT2D eigenvalue weighted by atomic mass is 16.2. The topological polar surface area (TPSA) is 102 Å². The Bertz CT molecular complexity index is 1350. The number of hydrogen-bond acceptors (Lipinski definition) is 6. The molecule has 4 rings (SSSR count). The minimum absolute atomic E-state index is 0.0675. The third kappa shape index (κ3) is 3.54. The Balaban J connectivity index is 1.60. The van der Waals surface area contributed by atoms with E-state index in [1.807, 2.05) is 0 Å². The van der Waals surface area contributed by atoms with E-state index in [4.69, 9.17) is 0 Å². The molecule has 0 unspecified atom stereocenters. The molecule has 0 aliphatic carbocycles. The molecule has 0 saturated carbocycles. The molecule has 4 aromatic rings. The van der Waals surface area contributed by atoms with Crippen LogP contribution in [0.15, 0.2) is 84.9 Å². The van der Waals surface area contributed by atoms with E-state index >= 15 is 0 Å². The van der Waals surface area contributed by atoms with Gasteiger partial charge in [0.15, 0.2) is 0 Å². The quantitative estimate of drug-likeness (QED) is 0.257. The van der Waals surface area contributed by atoms with E-state index in [9.17, 15) is 28.8 Å². The van der Waals surface area contributed by atoms with Gasteiger partial charge in [0.2, 0.25) is 11.6 Å². The summed E-state index contributed by atoms with van der Waals surface area (Å²) in [7, 11) is 0. The number of rotatable bonds is 7. The van der Waals surface area contributed by atoms with Crippen LogP contribution in [0.3, 0.4) is 0 Å². The van der Waals surface area contributed by atoms with E-state index in [1.54, 1.807) is 60.7 Å². The van der Waals surface area contributed by atoms with Crippen LogP contribution in [-0.4, -0.2) is 34.7 Å². The molecule has 0 aliphatic rings. The summed E-state index contributed by atoms with van der Waals surface area (Å²) in [6.07, 6.45) is 0. The number of carbonyl (C=O) groups is 6. The van der Waals surface area contributed by atoms with Gasteiger partial charge in [-0.25, -0.2) is 0 Å². The van der Waals surface area contributed by atoms with Crippen molar-refractivity contribution in [1.82, 2.24) is 0 Å². The smallest absolute Gasteiger partial charge is 0.281 e. The number of hydrogen-bond donors (Lipinski definition) is 0. The largest absolute Gasteiger partial charge is 0.285 e. The van der Waals surface area contributed by atoms with Crippen molar-refractivity contribution in [3.63, 3.8) is 0 Å². The van der Waals surface area contributed by atoms with E-state index in [0.717, 1.165) is 0 Å². The number of benzene rings is 4. The van der Waals surface area contributed by atoms with Crippen LogP contribution in [-0.2, 0) is 19.2 Å². The Morgan fingerprint density at radius 1 is 0.375 bits per heavy atom. The standard InChI is InChI=1S/C26H14O6/c27-21(19-13-5-9-15-7-1-3-11-17(15)19)23(29)25(31)26(32)24(30)22(28)20-14-6-10-16-8-2-4-12-18(16)20/h1-14H. The molecular weight excluding hydrogens is 408 g/mol. The van der Waals surface area contributed by atoms with Crippen molar-refractivity contribution in [1.29, 1.82) is 0 Å². The summed E-state index contributed by atoms with van der Waals surface area (Å²) in [5.74, 6) is -9.42. The summed E-state index contributed by atoms with van der Waals surface area (Å²) in [6.45, 7) is 0. The maximum atomic E-state index is 12.6. The molecule has 154 valence electrons. The molecule has 0 fully saturated rings. The predicted molar refractivity (Wildman–Crippen MR) is 117 cm³/mol. The van der Waals surface area contributed by atoms with Crippen LogP contribution >= 0.6 is 0 Å². The fourth-order valence-corrected chi connectivity index (χ4v) is 3.50. The van der Waals surface area contributed by atoms with Gasteiger partial charge < -0.3 is 0 Å². The average Bonchev–Trinajstić information content (AvgIpc) is 2.85. The zero-order valence-corrected chi connectivity index (χ0v) is 16.5. The monoisotopic (exact) mass is 422 g/mol. The van der Waals surface area contributed by atoms with Gasteiger partial charge in [-0.05, 0) is 21.5 Å². The summed E-state index contributed by atoms with van der Waals surface area (Å²) in [6, 6.07) is 22.6. The Hall–Kier alpha value is -4.58. The Morgan fingerprint density at radius 2 is 0.719 bits per heavy atom. The van der Waals surface area contributed by atoms with Gasteiger partial charge in [-0.15, -0.1) is 0 Å². The second kappa shape index (κ2) is 8.28. The van der Waals surface area contributed by atoms with Crippen LogP contribution in [0.25, 0.3) is 21.5 Å². The van der Waals surface area contributed by atoms with Gasteiger partial charge >= 0.3 is 0 Å². The van der Waals surface area contributed by atoms with Crippen molar-refractivity contribution in [2.75, 3.05) is 0 Å². The molecule has 0 saturated heterocycles. The number of fused-ring (bicyclic) bond motifs is 2. The normalized spacial score (nSPS) is 10.6. The lowest BCUT2D eigenvalue weighted by Gasteiger charge is -2.05. The lowest BCUT2D eigenvalue weighted by Crippen LogP contribution is -2.38. The van der Waals surface area contributed by atoms with Crippen molar-refractivity contribution in [2.24, 2.45) is 0 Å². The number of ketones is 6. The van der Waals surface area contributed by atoms with Crippen LogP contribution in [0, 0.1) is 0 Å². The van der Waals surface area contributed by atoms with E-state index in [0.29, 0.717) is 21.5 Å². The van der Waals surface area contributed by atoms with Crippen LogP contribution in [0.2, 0.25) is 0 Å². The molecule has 0 N–H and O–H groups in total. The Kier molecular flexibility index (Phi) is 5.35. The molecule has 0 bridgehead atoms. The summed E-state index contributed by atoms with van der Waals surface area (Å²) in [5.41, 5.74) is -0.135. The molecule has 0 spiro atoms. The number of Topliss-reactive ketones (excluding diaryl/α,β-unsaturated/α-hetero) is 6. The summed E-state index contributed by atoms with van der Waals surface area (Å²) in [4.78, 5) is 74.8. The zero-order valence-electron chi connectivity index (χ0n) is 16.5. The first-order valence-electron chi connectivity index (χ1n) is 9.62. The summed E-state index contributed by atoms with van der Waals surface area (Å²) in [5, 5.41) is 2.16. The van der Waals surface area contributed by atoms with Crippen molar-refractivity contribution in [3.8, 4) is 0 Å². The van der Waals surface area contributed by atoms with Gasteiger partial charge in [0.25, 0.3) is 23.1 Å². The molecule has 4 aromatic carbocycles. The fraction of sp³-hybridized carbons (Fsp3) is 0. The molecule has 0 radical (unpaired) electrons. The van der Waals surface area contributed by atoms with E-state index in [1.165, 1.54) is 24.3 Å². The van der Waals surface area contributed by atoms with Gasteiger partial charge in [-0.2, -0.15) is 0 Å². The summed E-state index contributed by atoms with van der Waals surface area (Å²) >= 11 is 0. The fourth-order valence-electron chi connectivity index (χ4n) is 3.50. The second-order valence-corrected chi connectivity index (χ2v) is 7.03. The third-order valence-electron chi connectivity index (χ3n) is 5.10. The molecule has 0 heterocycles. The van der Waals surface area contributed by atoms with E-state index < -0.39 is 34.7 Å². The highest BCUT2D eigenvalue weighted by Crippen LogP contribution is 2.21. The molecule has 0 aromatic heterocycles. The van der Waals surface area contributed by atoms with Crippen LogP contribution in [0.1, 0.15) is 20.7 Å². The minimum Gasteiger partial charge on any atom is -0.285 e. The van der Waals surface area contributed by atoms with Crippen LogP contribution < -0.4 is 0 Å². The molecule has 0 aliphatic heterocycles. The molecule has 32 heavy (non-hydrogen) atoms. The van der Waals surface area contributed by atoms with Crippen molar-refractivity contribution in [2.45, 2.75) is 0 Å². The highest BCUT2D eigenvalue weighted by molar-refractivity contribution is 6.93. The van der Waals surface area contributed by atoms with Crippen molar-refractivity contribution in [3.05, 3.63) is 96.1 Å². The van der Waals surface area contributed by atoms with Gasteiger partial charge in [0.1, 0.15) is 0 Å². The molecule has 0 atom stereocenters. The SMILES string of the molecule is O=C(C(=O)C(=O)C(=O)c1cccc2ccccc12)C(=O)C(=O)c1cccc2ccccc12. The first-order chi connectivity index (χ1) is 15.4. The molecule has 0 amide bonds. The maximum Gasteiger partial charge on any atom is 0.281 e. The van der Waals surface area contributed by atoms with Gasteiger partial charge in [-0.1, -0.05) is 84.9 Å². The van der Waals surface area contributed by atoms with Gasteiger partial charge in [-0.3, -0.25) is 28.8 Å². The molecular formula is C26H14O6. The van der Waals surface area contributed by atoms with E-state index in [-0.39, 0.29) is 11.1 Å². The first-order valence-corrected chi connectivity index (χ1v) is 9.62. The van der Waals surface area contributed by atoms with Gasteiger partial charge in [0.05, 0.1) is 0 Å². The minimum atomic E-state index is -1.83. The number of carbonyl (C=O) groups excluding carboxylic acids is 6. The lowest BCUT2D eigenvalue weighted by molar-refractivity contribution is -0.146. The van der Waals surface area contributed by atoms with Crippen LogP contribution in [0.5, 0.6) is 0 Å². The average molecular weight is 422 g/mol. The predicted octanol–water partition coefficient (Wildman–Crippen LogP) is 3.34. The first kappa shape index (κ1) is 20.7. The Labute approximate surface area is 181 Å². The van der Waals surface area contributed by atoms with Crippen molar-refractivity contribution >= 4 is 56.2 Å². The maximum absolute atomic E-state index is 12.6. The third-order valence-corrected chi connectivity index (χ3v) is 5.10. The molecule has 6 nitrogen and oxygen atoms in total. The Morgan fingerprint density at radius 3 is 1.12 bits per heavy atom. The van der Waals surface area contributed by atoms with Crippen LogP contribution in [0.4, 0.5) is 0 Å².